The predicted molar refractivity (Wildman–Crippen MR) is 75.7 cm³/mol. The number of nitrogens with two attached hydrogens (primary N) is 1. The number of aryl methyl sites for hydroxylation is 1. The van der Waals surface area contributed by atoms with Gasteiger partial charge >= 0.3 is 0 Å². The van der Waals surface area contributed by atoms with E-state index in [-0.39, 0.29) is 5.91 Å². The summed E-state index contributed by atoms with van der Waals surface area (Å²) < 4.78 is 0. The van der Waals surface area contributed by atoms with Gasteiger partial charge in [-0.3, -0.25) is 4.79 Å². The highest BCUT2D eigenvalue weighted by atomic mass is 16.2. The fourth-order valence-corrected chi connectivity index (χ4v) is 1.81. The molecule has 18 heavy (non-hydrogen) atoms. The minimum absolute atomic E-state index is 0.0985. The molecule has 0 fully saturated rings. The van der Waals surface area contributed by atoms with Crippen LogP contribution in [-0.4, -0.2) is 38.0 Å². The normalized spacial score (nSPS) is 10.3. The summed E-state index contributed by atoms with van der Waals surface area (Å²) >= 11 is 0. The first kappa shape index (κ1) is 14.5. The zero-order valence-corrected chi connectivity index (χ0v) is 11.7. The van der Waals surface area contributed by atoms with Crippen LogP contribution in [0.1, 0.15) is 18.1 Å². The van der Waals surface area contributed by atoms with Crippen molar-refractivity contribution >= 4 is 11.6 Å². The number of carbonyl (C=O) groups is 1. The van der Waals surface area contributed by atoms with Gasteiger partial charge in [-0.05, 0) is 31.0 Å². The zero-order valence-electron chi connectivity index (χ0n) is 11.7. The van der Waals surface area contributed by atoms with E-state index in [1.54, 1.807) is 19.0 Å². The zero-order chi connectivity index (χ0) is 13.7. The first-order valence-corrected chi connectivity index (χ1v) is 6.24. The third kappa shape index (κ3) is 3.47. The number of hydrogen-bond acceptors (Lipinski definition) is 3. The quantitative estimate of drug-likeness (QED) is 0.857. The van der Waals surface area contributed by atoms with E-state index in [2.05, 4.69) is 11.0 Å². The lowest BCUT2D eigenvalue weighted by Crippen LogP contribution is -2.37. The number of likely N-dealkylation sites (N-methyl/N-ethyl adjacent to an activating group) is 2. The van der Waals surface area contributed by atoms with E-state index in [4.69, 9.17) is 5.73 Å². The van der Waals surface area contributed by atoms with Crippen LogP contribution in [0.4, 0.5) is 5.69 Å². The maximum Gasteiger partial charge on any atom is 0.241 e. The van der Waals surface area contributed by atoms with Gasteiger partial charge in [-0.25, -0.2) is 0 Å². The highest BCUT2D eigenvalue weighted by Gasteiger charge is 2.14. The Balaban J connectivity index is 3.00. The number of amides is 1. The third-order valence-corrected chi connectivity index (χ3v) is 3.01. The van der Waals surface area contributed by atoms with Crippen LogP contribution in [0.5, 0.6) is 0 Å². The van der Waals surface area contributed by atoms with E-state index in [1.165, 1.54) is 5.56 Å². The number of anilines is 1. The molecule has 0 unspecified atom stereocenters. The molecule has 0 atom stereocenters. The van der Waals surface area contributed by atoms with Crippen LogP contribution in [0.3, 0.4) is 0 Å². The largest absolute Gasteiger partial charge is 0.362 e. The Kier molecular flexibility index (Phi) is 5.16. The molecule has 0 aliphatic heterocycles. The molecule has 0 saturated heterocycles. The van der Waals surface area contributed by atoms with Gasteiger partial charge in [0.2, 0.25) is 5.91 Å². The van der Waals surface area contributed by atoms with E-state index in [0.717, 1.165) is 17.8 Å². The molecule has 1 rings (SSSR count). The molecule has 0 radical (unpaired) electrons. The number of hydrogen-bond donors (Lipinski definition) is 1. The molecule has 1 aromatic rings. The van der Waals surface area contributed by atoms with Crippen LogP contribution in [0.2, 0.25) is 0 Å². The van der Waals surface area contributed by atoms with Crippen molar-refractivity contribution in [2.75, 3.05) is 32.1 Å². The van der Waals surface area contributed by atoms with Crippen LogP contribution >= 0.6 is 0 Å². The smallest absolute Gasteiger partial charge is 0.241 e. The minimum Gasteiger partial charge on any atom is -0.362 e. The summed E-state index contributed by atoms with van der Waals surface area (Å²) in [7, 11) is 3.55. The van der Waals surface area contributed by atoms with Crippen LogP contribution in [0.25, 0.3) is 0 Å². The monoisotopic (exact) mass is 249 g/mol. The molecule has 0 bridgehead atoms. The Morgan fingerprint density at radius 1 is 1.33 bits per heavy atom. The Hall–Kier alpha value is -1.55. The summed E-state index contributed by atoms with van der Waals surface area (Å²) in [6, 6.07) is 6.18. The highest BCUT2D eigenvalue weighted by molar-refractivity contribution is 5.81. The number of rotatable bonds is 5. The van der Waals surface area contributed by atoms with Crippen LogP contribution in [0.15, 0.2) is 18.2 Å². The maximum atomic E-state index is 11.8. The molecular formula is C14H23N3O. The van der Waals surface area contributed by atoms with Crippen molar-refractivity contribution < 1.29 is 4.79 Å². The number of carbonyl (C=O) groups excluding carboxylic acids is 1. The molecule has 0 aliphatic rings. The number of nitrogens with zero attached hydrogens (tertiary/aromatic N) is 2. The Bertz CT molecular complexity index is 416. The fraction of sp³-hybridized carbons (Fsp3) is 0.500. The second-order valence-corrected chi connectivity index (χ2v) is 4.64. The summed E-state index contributed by atoms with van der Waals surface area (Å²) in [5.41, 5.74) is 9.08. The van der Waals surface area contributed by atoms with E-state index in [9.17, 15) is 4.79 Å². The standard InChI is InChI=1S/C14H23N3O/c1-5-17(10-14(18)16(3)4)13-8-11(2)6-7-12(13)9-15/h6-8H,5,9-10,15H2,1-4H3. The summed E-state index contributed by atoms with van der Waals surface area (Å²) in [5.74, 6) is 0.0985. The van der Waals surface area contributed by atoms with E-state index >= 15 is 0 Å². The topological polar surface area (TPSA) is 49.6 Å². The number of benzene rings is 1. The lowest BCUT2D eigenvalue weighted by atomic mass is 10.1. The first-order valence-electron chi connectivity index (χ1n) is 6.24. The molecule has 1 aromatic carbocycles. The molecule has 4 nitrogen and oxygen atoms in total. The molecular weight excluding hydrogens is 226 g/mol. The Morgan fingerprint density at radius 3 is 2.50 bits per heavy atom. The van der Waals surface area contributed by atoms with E-state index in [1.807, 2.05) is 26.0 Å². The van der Waals surface area contributed by atoms with E-state index in [0.29, 0.717) is 13.1 Å². The molecule has 0 spiro atoms. The molecule has 0 heterocycles. The lowest BCUT2D eigenvalue weighted by molar-refractivity contribution is -0.127. The van der Waals surface area contributed by atoms with Gasteiger partial charge < -0.3 is 15.5 Å². The Labute approximate surface area is 109 Å². The van der Waals surface area contributed by atoms with Crippen molar-refractivity contribution in [3.8, 4) is 0 Å². The molecule has 1 amide bonds. The molecule has 4 heteroatoms. The van der Waals surface area contributed by atoms with Gasteiger partial charge in [-0.2, -0.15) is 0 Å². The summed E-state index contributed by atoms with van der Waals surface area (Å²) in [6.45, 7) is 5.76. The second kappa shape index (κ2) is 6.40. The molecule has 0 saturated carbocycles. The van der Waals surface area contributed by atoms with Crippen molar-refractivity contribution in [3.63, 3.8) is 0 Å². The van der Waals surface area contributed by atoms with Gasteiger partial charge in [0.1, 0.15) is 0 Å². The van der Waals surface area contributed by atoms with Crippen LogP contribution in [0, 0.1) is 6.92 Å². The second-order valence-electron chi connectivity index (χ2n) is 4.64. The SMILES string of the molecule is CCN(CC(=O)N(C)C)c1cc(C)ccc1CN. The summed E-state index contributed by atoms with van der Waals surface area (Å²) in [4.78, 5) is 15.5. The van der Waals surface area contributed by atoms with Crippen molar-refractivity contribution in [1.29, 1.82) is 0 Å². The highest BCUT2D eigenvalue weighted by Crippen LogP contribution is 2.21. The Morgan fingerprint density at radius 2 is 2.00 bits per heavy atom. The predicted octanol–water partition coefficient (Wildman–Crippen LogP) is 1.37. The van der Waals surface area contributed by atoms with Gasteiger partial charge in [-0.1, -0.05) is 12.1 Å². The summed E-state index contributed by atoms with van der Waals surface area (Å²) in [5, 5.41) is 0. The third-order valence-electron chi connectivity index (χ3n) is 3.01. The van der Waals surface area contributed by atoms with Crippen molar-refractivity contribution in [2.24, 2.45) is 5.73 Å². The van der Waals surface area contributed by atoms with Gasteiger partial charge in [-0.15, -0.1) is 0 Å². The maximum absolute atomic E-state index is 11.8. The van der Waals surface area contributed by atoms with Crippen LogP contribution < -0.4 is 10.6 Å². The van der Waals surface area contributed by atoms with E-state index < -0.39 is 0 Å². The van der Waals surface area contributed by atoms with Crippen molar-refractivity contribution in [2.45, 2.75) is 20.4 Å². The van der Waals surface area contributed by atoms with Gasteiger partial charge in [0, 0.05) is 32.9 Å². The van der Waals surface area contributed by atoms with Gasteiger partial charge in [0.05, 0.1) is 6.54 Å². The fourth-order valence-electron chi connectivity index (χ4n) is 1.81. The lowest BCUT2D eigenvalue weighted by Gasteiger charge is -2.26. The average molecular weight is 249 g/mol. The minimum atomic E-state index is 0.0985. The average Bonchev–Trinajstić information content (AvgIpc) is 2.35. The molecule has 0 aromatic heterocycles. The molecule has 2 N–H and O–H groups in total. The molecule has 100 valence electrons. The molecule has 0 aliphatic carbocycles. The van der Waals surface area contributed by atoms with Crippen LogP contribution in [-0.2, 0) is 11.3 Å². The summed E-state index contributed by atoms with van der Waals surface area (Å²) in [6.07, 6.45) is 0. The van der Waals surface area contributed by atoms with Crippen molar-refractivity contribution in [3.05, 3.63) is 29.3 Å². The first-order chi connectivity index (χ1) is 8.49. The van der Waals surface area contributed by atoms with Gasteiger partial charge in [0.15, 0.2) is 0 Å². The van der Waals surface area contributed by atoms with Crippen molar-refractivity contribution in [1.82, 2.24) is 4.90 Å². The van der Waals surface area contributed by atoms with Gasteiger partial charge in [0.25, 0.3) is 0 Å².